The molecule has 0 radical (unpaired) electrons. The lowest BCUT2D eigenvalue weighted by Gasteiger charge is -2.05. The maximum Gasteiger partial charge on any atom is 0.435 e. The minimum absolute atomic E-state index is 0.0688. The van der Waals surface area contributed by atoms with Gasteiger partial charge in [-0.2, -0.15) is 4.99 Å². The first kappa shape index (κ1) is 15.4. The van der Waals surface area contributed by atoms with E-state index in [1.807, 2.05) is 30.3 Å². The molecule has 0 atom stereocenters. The number of carbonyl (C=O) groups is 2. The van der Waals surface area contributed by atoms with Crippen LogP contribution in [0.15, 0.2) is 48.0 Å². The molecule has 3 rings (SSSR count). The number of hydrogen-bond acceptors (Lipinski definition) is 5. The van der Waals surface area contributed by atoms with E-state index >= 15 is 0 Å². The van der Waals surface area contributed by atoms with Gasteiger partial charge >= 0.3 is 12.1 Å². The molecular weight excluding hydrogens is 314 g/mol. The van der Waals surface area contributed by atoms with Crippen LogP contribution in [0.1, 0.15) is 5.56 Å². The van der Waals surface area contributed by atoms with E-state index in [9.17, 15) is 9.59 Å². The van der Waals surface area contributed by atoms with Crippen LogP contribution in [-0.2, 0) is 22.7 Å². The van der Waals surface area contributed by atoms with Crippen molar-refractivity contribution < 1.29 is 19.4 Å². The number of H-pyrrole nitrogens is 1. The van der Waals surface area contributed by atoms with Gasteiger partial charge in [-0.3, -0.25) is 4.79 Å². The minimum Gasteiger partial charge on any atom is -0.480 e. The molecule has 24 heavy (non-hydrogen) atoms. The lowest BCUT2D eigenvalue weighted by atomic mass is 10.2. The number of nitrogens with one attached hydrogen (secondary N) is 1. The molecule has 0 saturated heterocycles. The Balaban J connectivity index is 1.91. The molecule has 2 N–H and O–H groups in total. The topological polar surface area (TPSA) is 122 Å². The number of aromatic nitrogens is 4. The molecule has 1 aromatic carbocycles. The Morgan fingerprint density at radius 1 is 1.25 bits per heavy atom. The van der Waals surface area contributed by atoms with Crippen molar-refractivity contribution in [1.29, 1.82) is 0 Å². The summed E-state index contributed by atoms with van der Waals surface area (Å²) in [5.41, 5.74) is 1.60. The Morgan fingerprint density at radius 3 is 2.79 bits per heavy atom. The Kier molecular flexibility index (Phi) is 4.32. The van der Waals surface area contributed by atoms with Crippen LogP contribution in [0.3, 0.4) is 0 Å². The summed E-state index contributed by atoms with van der Waals surface area (Å²) in [5.74, 6) is -1.09. The Morgan fingerprint density at radius 2 is 2.04 bits per heavy atom. The first-order chi connectivity index (χ1) is 11.6. The van der Waals surface area contributed by atoms with E-state index in [4.69, 9.17) is 9.84 Å². The molecule has 0 saturated carbocycles. The van der Waals surface area contributed by atoms with Gasteiger partial charge in [0.1, 0.15) is 18.7 Å². The van der Waals surface area contributed by atoms with Gasteiger partial charge in [-0.05, 0) is 5.56 Å². The predicted molar refractivity (Wildman–Crippen MR) is 81.7 cm³/mol. The summed E-state index contributed by atoms with van der Waals surface area (Å²) in [6, 6.07) is 9.15. The number of benzene rings is 1. The van der Waals surface area contributed by atoms with Crippen molar-refractivity contribution in [2.45, 2.75) is 13.2 Å². The standard InChI is InChI=1S/C15H13N5O4/c21-11(22)6-20-9-18-13-12(16-8-17-13)14(20)19-15(23)24-7-10-4-2-1-3-5-10/h1-5,8-9H,6-7H2,(H,16,17)(H,21,22). The minimum atomic E-state index is -1.09. The lowest BCUT2D eigenvalue weighted by molar-refractivity contribution is -0.137. The molecular formula is C15H13N5O4. The predicted octanol–water partition coefficient (Wildman–Crippen LogP) is 1.08. The lowest BCUT2D eigenvalue weighted by Crippen LogP contribution is -2.27. The van der Waals surface area contributed by atoms with Gasteiger partial charge in [0.2, 0.25) is 0 Å². The maximum atomic E-state index is 12.0. The van der Waals surface area contributed by atoms with Gasteiger partial charge in [0.15, 0.2) is 11.1 Å². The summed E-state index contributed by atoms with van der Waals surface area (Å²) < 4.78 is 6.33. The number of aliphatic carboxylic acids is 1. The van der Waals surface area contributed by atoms with Crippen LogP contribution in [-0.4, -0.2) is 36.7 Å². The summed E-state index contributed by atoms with van der Waals surface area (Å²) in [6.07, 6.45) is 1.82. The van der Waals surface area contributed by atoms with Gasteiger partial charge in [-0.1, -0.05) is 30.3 Å². The van der Waals surface area contributed by atoms with Crippen molar-refractivity contribution in [1.82, 2.24) is 19.5 Å². The average molecular weight is 327 g/mol. The second-order valence-corrected chi connectivity index (χ2v) is 4.84. The number of rotatable bonds is 4. The van der Waals surface area contributed by atoms with Crippen molar-refractivity contribution in [3.63, 3.8) is 0 Å². The van der Waals surface area contributed by atoms with Gasteiger partial charge in [-0.25, -0.2) is 14.8 Å². The summed E-state index contributed by atoms with van der Waals surface area (Å²) >= 11 is 0. The van der Waals surface area contributed by atoms with Crippen molar-refractivity contribution in [3.05, 3.63) is 54.0 Å². The third kappa shape index (κ3) is 3.46. The van der Waals surface area contributed by atoms with Crippen molar-refractivity contribution >= 4 is 23.2 Å². The highest BCUT2D eigenvalue weighted by molar-refractivity contribution is 5.73. The molecule has 0 aliphatic rings. The number of imidazole rings is 1. The van der Waals surface area contributed by atoms with Crippen LogP contribution in [0.25, 0.3) is 11.2 Å². The van der Waals surface area contributed by atoms with Crippen molar-refractivity contribution in [3.8, 4) is 0 Å². The number of hydrogen-bond donors (Lipinski definition) is 2. The summed E-state index contributed by atoms with van der Waals surface area (Å²) in [4.78, 5) is 37.6. The number of carbonyl (C=O) groups excluding carboxylic acids is 1. The number of carboxylic acids is 1. The molecule has 1 amide bonds. The van der Waals surface area contributed by atoms with E-state index in [0.29, 0.717) is 11.2 Å². The van der Waals surface area contributed by atoms with E-state index in [-0.39, 0.29) is 12.1 Å². The maximum absolute atomic E-state index is 12.0. The van der Waals surface area contributed by atoms with Crippen LogP contribution < -0.4 is 5.49 Å². The second kappa shape index (κ2) is 6.73. The third-order valence-corrected chi connectivity index (χ3v) is 3.14. The zero-order valence-corrected chi connectivity index (χ0v) is 12.4. The summed E-state index contributed by atoms with van der Waals surface area (Å²) in [7, 11) is 0. The molecule has 0 bridgehead atoms. The molecule has 0 aliphatic carbocycles. The number of carboxylic acid groups (broad SMARTS) is 1. The summed E-state index contributed by atoms with van der Waals surface area (Å²) in [5, 5.41) is 8.97. The van der Waals surface area contributed by atoms with Crippen LogP contribution in [0.2, 0.25) is 0 Å². The van der Waals surface area contributed by atoms with Gasteiger partial charge in [0, 0.05) is 0 Å². The highest BCUT2D eigenvalue weighted by Gasteiger charge is 2.10. The Hall–Kier alpha value is -3.49. The number of fused-ring (bicyclic) bond motifs is 1. The van der Waals surface area contributed by atoms with Gasteiger partial charge in [0.25, 0.3) is 0 Å². The first-order valence-electron chi connectivity index (χ1n) is 6.99. The number of aromatic amines is 1. The van der Waals surface area contributed by atoms with Crippen LogP contribution in [0, 0.1) is 0 Å². The monoisotopic (exact) mass is 327 g/mol. The molecule has 0 aliphatic heterocycles. The van der Waals surface area contributed by atoms with E-state index < -0.39 is 18.6 Å². The highest BCUT2D eigenvalue weighted by Crippen LogP contribution is 2.02. The van der Waals surface area contributed by atoms with E-state index in [0.717, 1.165) is 5.56 Å². The smallest absolute Gasteiger partial charge is 0.435 e. The molecule has 2 aromatic heterocycles. The normalized spacial score (nSPS) is 11.6. The van der Waals surface area contributed by atoms with Gasteiger partial charge in [0.05, 0.1) is 12.7 Å². The SMILES string of the molecule is O=C(O)Cn1cnc2nc[nH]c2c1=NC(=O)OCc1ccccc1. The van der Waals surface area contributed by atoms with Crippen LogP contribution in [0.5, 0.6) is 0 Å². The first-order valence-corrected chi connectivity index (χ1v) is 6.99. The fraction of sp³-hybridized carbons (Fsp3) is 0.133. The Bertz CT molecular complexity index is 945. The van der Waals surface area contributed by atoms with E-state index in [1.54, 1.807) is 0 Å². The van der Waals surface area contributed by atoms with Crippen molar-refractivity contribution in [2.75, 3.05) is 0 Å². The quantitative estimate of drug-likeness (QED) is 0.739. The van der Waals surface area contributed by atoms with E-state index in [1.165, 1.54) is 17.2 Å². The third-order valence-electron chi connectivity index (χ3n) is 3.14. The highest BCUT2D eigenvalue weighted by atomic mass is 16.5. The average Bonchev–Trinajstić information content (AvgIpc) is 3.04. The van der Waals surface area contributed by atoms with Gasteiger partial charge in [-0.15, -0.1) is 0 Å². The van der Waals surface area contributed by atoms with Gasteiger partial charge < -0.3 is 19.4 Å². The largest absolute Gasteiger partial charge is 0.480 e. The molecule has 0 unspecified atom stereocenters. The molecule has 3 aromatic rings. The zero-order chi connectivity index (χ0) is 16.9. The molecule has 122 valence electrons. The van der Waals surface area contributed by atoms with E-state index in [2.05, 4.69) is 19.9 Å². The van der Waals surface area contributed by atoms with Crippen LogP contribution >= 0.6 is 0 Å². The molecule has 9 nitrogen and oxygen atoms in total. The fourth-order valence-corrected chi connectivity index (χ4v) is 2.09. The Labute approximate surface area is 135 Å². The number of amides is 1. The summed E-state index contributed by atoms with van der Waals surface area (Å²) in [6.45, 7) is -0.327. The second-order valence-electron chi connectivity index (χ2n) is 4.84. The zero-order valence-electron chi connectivity index (χ0n) is 12.4. The number of nitrogens with zero attached hydrogens (tertiary/aromatic N) is 4. The number of ether oxygens (including phenoxy) is 1. The fourth-order valence-electron chi connectivity index (χ4n) is 2.09. The molecule has 9 heteroatoms. The molecule has 2 heterocycles. The molecule has 0 fully saturated rings. The molecule has 0 spiro atoms. The van der Waals surface area contributed by atoms with Crippen LogP contribution in [0.4, 0.5) is 4.79 Å². The van der Waals surface area contributed by atoms with Crippen molar-refractivity contribution in [2.24, 2.45) is 4.99 Å².